The monoisotopic (exact) mass is 405 g/mol. The highest BCUT2D eigenvalue weighted by Crippen LogP contribution is 2.19. The van der Waals surface area contributed by atoms with Gasteiger partial charge >= 0.3 is 18.2 Å². The summed E-state index contributed by atoms with van der Waals surface area (Å²) in [5.74, 6) is -1.20. The van der Waals surface area contributed by atoms with E-state index in [2.05, 4.69) is 10.3 Å². The lowest BCUT2D eigenvalue weighted by molar-refractivity contribution is -0.139. The SMILES string of the molecule is CC(C)(C)OC(=O)N[C@@H](Cc1ccc2ncn(C(=O)OC(C)(C)C)c2c1)C(=O)O. The Bertz CT molecular complexity index is 920. The van der Waals surface area contributed by atoms with Crippen LogP contribution in [0.5, 0.6) is 0 Å². The fourth-order valence-electron chi connectivity index (χ4n) is 2.52. The summed E-state index contributed by atoms with van der Waals surface area (Å²) in [6.45, 7) is 10.3. The van der Waals surface area contributed by atoms with E-state index in [0.29, 0.717) is 16.6 Å². The molecule has 0 unspecified atom stereocenters. The van der Waals surface area contributed by atoms with Crippen LogP contribution in [0.15, 0.2) is 24.5 Å². The lowest BCUT2D eigenvalue weighted by Gasteiger charge is -2.22. The van der Waals surface area contributed by atoms with Crippen LogP contribution in [0.2, 0.25) is 0 Å². The lowest BCUT2D eigenvalue weighted by Crippen LogP contribution is -2.44. The highest BCUT2D eigenvalue weighted by Gasteiger charge is 2.25. The summed E-state index contributed by atoms with van der Waals surface area (Å²) in [5.41, 5.74) is 0.235. The Hall–Kier alpha value is -3.10. The Morgan fingerprint density at radius 1 is 1.10 bits per heavy atom. The van der Waals surface area contributed by atoms with Gasteiger partial charge in [-0.15, -0.1) is 0 Å². The third-order valence-electron chi connectivity index (χ3n) is 3.63. The minimum absolute atomic E-state index is 0.00398. The van der Waals surface area contributed by atoms with E-state index in [4.69, 9.17) is 9.47 Å². The predicted octanol–water partition coefficient (Wildman–Crippen LogP) is 3.34. The molecule has 2 N–H and O–H groups in total. The number of alkyl carbamates (subject to hydrolysis) is 1. The van der Waals surface area contributed by atoms with Crippen molar-refractivity contribution in [3.8, 4) is 0 Å². The van der Waals surface area contributed by atoms with Crippen molar-refractivity contribution in [2.75, 3.05) is 0 Å². The van der Waals surface area contributed by atoms with Crippen LogP contribution in [-0.4, -0.2) is 50.1 Å². The van der Waals surface area contributed by atoms with Gasteiger partial charge in [0, 0.05) is 6.42 Å². The molecule has 2 aromatic rings. The van der Waals surface area contributed by atoms with Crippen LogP contribution in [0.3, 0.4) is 0 Å². The van der Waals surface area contributed by atoms with Crippen molar-refractivity contribution in [3.05, 3.63) is 30.1 Å². The van der Waals surface area contributed by atoms with Crippen molar-refractivity contribution in [3.63, 3.8) is 0 Å². The smallest absolute Gasteiger partial charge is 0.420 e. The molecule has 1 heterocycles. The highest BCUT2D eigenvalue weighted by molar-refractivity contribution is 5.87. The van der Waals surface area contributed by atoms with Gasteiger partial charge in [0.15, 0.2) is 0 Å². The fourth-order valence-corrected chi connectivity index (χ4v) is 2.52. The van der Waals surface area contributed by atoms with Crippen LogP contribution in [0.4, 0.5) is 9.59 Å². The zero-order valence-corrected chi connectivity index (χ0v) is 17.5. The number of imidazole rings is 1. The van der Waals surface area contributed by atoms with E-state index in [1.54, 1.807) is 59.7 Å². The first-order chi connectivity index (χ1) is 13.2. The Kier molecular flexibility index (Phi) is 6.20. The molecule has 9 nitrogen and oxygen atoms in total. The van der Waals surface area contributed by atoms with Crippen molar-refractivity contribution in [2.45, 2.75) is 65.2 Å². The van der Waals surface area contributed by atoms with E-state index < -0.39 is 35.4 Å². The first kappa shape index (κ1) is 22.2. The number of carbonyl (C=O) groups excluding carboxylic acids is 2. The maximum Gasteiger partial charge on any atom is 0.420 e. The molecule has 1 atom stereocenters. The number of nitrogens with zero attached hydrogens (tertiary/aromatic N) is 2. The van der Waals surface area contributed by atoms with Gasteiger partial charge in [0.25, 0.3) is 0 Å². The summed E-state index contributed by atoms with van der Waals surface area (Å²) in [5, 5.41) is 11.8. The predicted molar refractivity (Wildman–Crippen MR) is 106 cm³/mol. The molecule has 1 aromatic carbocycles. The largest absolute Gasteiger partial charge is 0.480 e. The Morgan fingerprint density at radius 3 is 2.28 bits per heavy atom. The number of nitrogens with one attached hydrogen (secondary N) is 1. The molecule has 0 aliphatic carbocycles. The van der Waals surface area contributed by atoms with E-state index in [0.717, 1.165) is 0 Å². The minimum Gasteiger partial charge on any atom is -0.480 e. The molecule has 0 aliphatic heterocycles. The molecule has 29 heavy (non-hydrogen) atoms. The van der Waals surface area contributed by atoms with Gasteiger partial charge in [0.05, 0.1) is 11.0 Å². The number of carboxylic acids is 1. The average Bonchev–Trinajstić information content (AvgIpc) is 2.94. The maximum atomic E-state index is 12.4. The number of benzene rings is 1. The number of carboxylic acid groups (broad SMARTS) is 1. The number of ether oxygens (including phenoxy) is 2. The van der Waals surface area contributed by atoms with Crippen LogP contribution in [0, 0.1) is 0 Å². The Balaban J connectivity index is 2.23. The third-order valence-corrected chi connectivity index (χ3v) is 3.63. The summed E-state index contributed by atoms with van der Waals surface area (Å²) in [7, 11) is 0. The first-order valence-electron chi connectivity index (χ1n) is 9.17. The second kappa shape index (κ2) is 8.10. The van der Waals surface area contributed by atoms with Crippen LogP contribution >= 0.6 is 0 Å². The zero-order chi connectivity index (χ0) is 22.0. The minimum atomic E-state index is -1.20. The summed E-state index contributed by atoms with van der Waals surface area (Å²) in [6.07, 6.45) is -0.0382. The van der Waals surface area contributed by atoms with E-state index in [9.17, 15) is 19.5 Å². The molecule has 1 aromatic heterocycles. The lowest BCUT2D eigenvalue weighted by atomic mass is 10.1. The van der Waals surface area contributed by atoms with Gasteiger partial charge in [-0.25, -0.2) is 23.9 Å². The van der Waals surface area contributed by atoms with E-state index in [-0.39, 0.29) is 6.42 Å². The summed E-state index contributed by atoms with van der Waals surface area (Å²) < 4.78 is 11.8. The van der Waals surface area contributed by atoms with Crippen LogP contribution in [-0.2, 0) is 20.7 Å². The molecular weight excluding hydrogens is 378 g/mol. The number of hydrogen-bond acceptors (Lipinski definition) is 6. The van der Waals surface area contributed by atoms with Crippen molar-refractivity contribution in [1.82, 2.24) is 14.9 Å². The first-order valence-corrected chi connectivity index (χ1v) is 9.17. The van der Waals surface area contributed by atoms with Crippen LogP contribution in [0.25, 0.3) is 11.0 Å². The average molecular weight is 405 g/mol. The van der Waals surface area contributed by atoms with Crippen LogP contribution < -0.4 is 5.32 Å². The van der Waals surface area contributed by atoms with Gasteiger partial charge < -0.3 is 19.9 Å². The molecule has 9 heteroatoms. The molecule has 2 rings (SSSR count). The zero-order valence-electron chi connectivity index (χ0n) is 17.5. The number of hydrogen-bond donors (Lipinski definition) is 2. The van der Waals surface area contributed by atoms with Gasteiger partial charge in [0.1, 0.15) is 23.6 Å². The quantitative estimate of drug-likeness (QED) is 0.800. The number of rotatable bonds is 4. The molecule has 0 saturated heterocycles. The number of aliphatic carboxylic acids is 1. The fraction of sp³-hybridized carbons (Fsp3) is 0.500. The summed E-state index contributed by atoms with van der Waals surface area (Å²) in [6, 6.07) is 3.83. The number of carbonyl (C=O) groups is 3. The van der Waals surface area contributed by atoms with Gasteiger partial charge in [0.2, 0.25) is 0 Å². The molecule has 0 radical (unpaired) electrons. The number of aromatic nitrogens is 2. The van der Waals surface area contributed by atoms with Gasteiger partial charge in [-0.3, -0.25) is 0 Å². The van der Waals surface area contributed by atoms with Gasteiger partial charge in [-0.05, 0) is 59.2 Å². The number of amides is 1. The number of fused-ring (bicyclic) bond motifs is 1. The molecule has 0 fully saturated rings. The summed E-state index contributed by atoms with van der Waals surface area (Å²) in [4.78, 5) is 40.1. The molecule has 0 spiro atoms. The molecule has 1 amide bonds. The van der Waals surface area contributed by atoms with Crippen molar-refractivity contribution in [1.29, 1.82) is 0 Å². The molecule has 0 aliphatic rings. The van der Waals surface area contributed by atoms with E-state index >= 15 is 0 Å². The normalized spacial score (nSPS) is 13.0. The highest BCUT2D eigenvalue weighted by atomic mass is 16.6. The maximum absolute atomic E-state index is 12.4. The third kappa shape index (κ3) is 6.48. The van der Waals surface area contributed by atoms with E-state index in [1.165, 1.54) is 10.9 Å². The Morgan fingerprint density at radius 2 is 1.72 bits per heavy atom. The second-order valence-corrected chi connectivity index (χ2v) is 8.66. The van der Waals surface area contributed by atoms with Crippen LogP contribution in [0.1, 0.15) is 47.1 Å². The summed E-state index contributed by atoms with van der Waals surface area (Å²) >= 11 is 0. The van der Waals surface area contributed by atoms with Crippen molar-refractivity contribution in [2.24, 2.45) is 0 Å². The Labute approximate surface area is 169 Å². The molecule has 0 saturated carbocycles. The molecular formula is C20H27N3O6. The van der Waals surface area contributed by atoms with Crippen molar-refractivity contribution >= 4 is 29.2 Å². The second-order valence-electron chi connectivity index (χ2n) is 8.66. The standard InChI is InChI=1S/C20H27N3O6/c1-19(2,3)28-17(26)22-14(16(24)25)9-12-7-8-13-15(10-12)23(11-21-13)18(27)29-20(4,5)6/h7-8,10-11,14H,9H2,1-6H3,(H,22,26)(H,24,25)/t14-/m0/s1. The van der Waals surface area contributed by atoms with Gasteiger partial charge in [-0.2, -0.15) is 0 Å². The molecule has 0 bridgehead atoms. The molecule has 158 valence electrons. The van der Waals surface area contributed by atoms with Gasteiger partial charge in [-0.1, -0.05) is 6.07 Å². The van der Waals surface area contributed by atoms with E-state index in [1.807, 2.05) is 0 Å². The topological polar surface area (TPSA) is 120 Å². The van der Waals surface area contributed by atoms with Crippen molar-refractivity contribution < 1.29 is 29.0 Å².